The number of nitrogens with zero attached hydrogens (tertiary/aromatic N) is 1. The van der Waals surface area contributed by atoms with Crippen LogP contribution in [0.15, 0.2) is 53.4 Å². The molecule has 2 rings (SSSR count). The highest BCUT2D eigenvalue weighted by Crippen LogP contribution is 2.20. The molecular formula is C22H30N2O3S2. The van der Waals surface area contributed by atoms with Crippen LogP contribution >= 0.6 is 11.8 Å². The second-order valence-corrected chi connectivity index (χ2v) is 9.90. The number of amides is 1. The molecule has 0 aromatic heterocycles. The van der Waals surface area contributed by atoms with Crippen LogP contribution in [0, 0.1) is 0 Å². The molecule has 0 aliphatic rings. The van der Waals surface area contributed by atoms with Gasteiger partial charge in [-0.25, -0.2) is 8.42 Å². The first kappa shape index (κ1) is 23.4. The largest absolute Gasteiger partial charge is 0.346 e. The summed E-state index contributed by atoms with van der Waals surface area (Å²) in [7, 11) is -3.48. The van der Waals surface area contributed by atoms with E-state index >= 15 is 0 Å². The topological polar surface area (TPSA) is 66.5 Å². The van der Waals surface area contributed by atoms with E-state index in [-0.39, 0.29) is 16.8 Å². The van der Waals surface area contributed by atoms with E-state index < -0.39 is 10.0 Å². The highest BCUT2D eigenvalue weighted by Gasteiger charge is 2.21. The first-order valence-corrected chi connectivity index (χ1v) is 12.5. The van der Waals surface area contributed by atoms with Crippen molar-refractivity contribution in [1.82, 2.24) is 9.62 Å². The Bertz CT molecular complexity index is 891. The third-order valence-corrected chi connectivity index (χ3v) is 7.77. The fourth-order valence-electron chi connectivity index (χ4n) is 2.98. The van der Waals surface area contributed by atoms with Gasteiger partial charge in [0.25, 0.3) is 5.91 Å². The third kappa shape index (κ3) is 6.07. The van der Waals surface area contributed by atoms with Crippen molar-refractivity contribution in [3.8, 4) is 0 Å². The molecule has 0 saturated carbocycles. The maximum absolute atomic E-state index is 12.6. The van der Waals surface area contributed by atoms with Crippen molar-refractivity contribution in [2.75, 3.05) is 18.8 Å². The Morgan fingerprint density at radius 3 is 2.10 bits per heavy atom. The summed E-state index contributed by atoms with van der Waals surface area (Å²) in [5, 5.41) is 2.97. The van der Waals surface area contributed by atoms with Gasteiger partial charge in [-0.05, 0) is 48.1 Å². The Balaban J connectivity index is 2.05. The minimum Gasteiger partial charge on any atom is -0.346 e. The number of rotatable bonds is 10. The predicted molar refractivity (Wildman–Crippen MR) is 121 cm³/mol. The summed E-state index contributed by atoms with van der Waals surface area (Å²) in [6, 6.07) is 14.1. The number of carbonyl (C=O) groups is 1. The summed E-state index contributed by atoms with van der Waals surface area (Å²) in [6.07, 6.45) is 0. The zero-order valence-electron chi connectivity index (χ0n) is 17.5. The number of thioether (sulfide) groups is 1. The number of hydrogen-bond acceptors (Lipinski definition) is 4. The summed E-state index contributed by atoms with van der Waals surface area (Å²) in [5.41, 5.74) is 2.67. The van der Waals surface area contributed by atoms with Gasteiger partial charge in [-0.15, -0.1) is 0 Å². The van der Waals surface area contributed by atoms with Crippen LogP contribution in [0.3, 0.4) is 0 Å². The number of benzene rings is 2. The van der Waals surface area contributed by atoms with Gasteiger partial charge >= 0.3 is 0 Å². The molecule has 1 N–H and O–H groups in total. The fraction of sp³-hybridized carbons (Fsp3) is 0.409. The van der Waals surface area contributed by atoms with Crippen molar-refractivity contribution >= 4 is 27.7 Å². The number of sulfonamides is 1. The zero-order chi connectivity index (χ0) is 21.4. The minimum absolute atomic E-state index is 0.146. The Morgan fingerprint density at radius 2 is 1.59 bits per heavy atom. The van der Waals surface area contributed by atoms with Crippen molar-refractivity contribution in [3.63, 3.8) is 0 Å². The molecule has 1 amide bonds. The summed E-state index contributed by atoms with van der Waals surface area (Å²) >= 11 is 1.84. The van der Waals surface area contributed by atoms with Gasteiger partial charge in [0.15, 0.2) is 0 Å². The van der Waals surface area contributed by atoms with Crippen molar-refractivity contribution in [3.05, 3.63) is 65.2 Å². The quantitative estimate of drug-likeness (QED) is 0.599. The molecule has 2 aromatic rings. The van der Waals surface area contributed by atoms with E-state index in [0.717, 1.165) is 17.1 Å². The van der Waals surface area contributed by atoms with Crippen LogP contribution < -0.4 is 5.32 Å². The number of hydrogen-bond donors (Lipinski definition) is 1. The van der Waals surface area contributed by atoms with E-state index in [1.807, 2.05) is 56.8 Å². The van der Waals surface area contributed by atoms with Crippen molar-refractivity contribution in [2.24, 2.45) is 0 Å². The average molecular weight is 435 g/mol. The maximum atomic E-state index is 12.6. The molecule has 2 aromatic carbocycles. The molecule has 0 radical (unpaired) electrons. The van der Waals surface area contributed by atoms with Crippen LogP contribution in [0.4, 0.5) is 0 Å². The van der Waals surface area contributed by atoms with E-state index in [1.54, 1.807) is 24.3 Å². The molecule has 0 saturated heterocycles. The summed E-state index contributed by atoms with van der Waals surface area (Å²) in [5.74, 6) is 1.86. The molecule has 0 aliphatic carbocycles. The third-order valence-electron chi connectivity index (χ3n) is 4.76. The predicted octanol–water partition coefficient (Wildman–Crippen LogP) is 4.46. The molecule has 0 bridgehead atoms. The summed E-state index contributed by atoms with van der Waals surface area (Å²) in [4.78, 5) is 12.8. The standard InChI is InChI=1S/C22H30N2O3S2/c1-5-24(6-2)29(26,27)21-14-12-19(13-15-21)17(4)23-22(25)20-10-8-18(9-11-20)16-28-7-3/h8-15,17H,5-7,16H2,1-4H3,(H,23,25). The smallest absolute Gasteiger partial charge is 0.251 e. The van der Waals surface area contributed by atoms with E-state index in [2.05, 4.69) is 12.2 Å². The van der Waals surface area contributed by atoms with Gasteiger partial charge in [0, 0.05) is 24.4 Å². The molecule has 0 heterocycles. The fourth-order valence-corrected chi connectivity index (χ4v) is 5.07. The average Bonchev–Trinajstić information content (AvgIpc) is 2.73. The first-order valence-electron chi connectivity index (χ1n) is 9.91. The van der Waals surface area contributed by atoms with E-state index in [4.69, 9.17) is 0 Å². The monoisotopic (exact) mass is 434 g/mol. The molecular weight excluding hydrogens is 404 g/mol. The molecule has 7 heteroatoms. The van der Waals surface area contributed by atoms with Crippen LogP contribution in [0.1, 0.15) is 55.2 Å². The lowest BCUT2D eigenvalue weighted by Crippen LogP contribution is -2.30. The molecule has 158 valence electrons. The second-order valence-electron chi connectivity index (χ2n) is 6.69. The van der Waals surface area contributed by atoms with Crippen molar-refractivity contribution in [2.45, 2.75) is 44.4 Å². The Morgan fingerprint density at radius 1 is 1.00 bits per heavy atom. The second kappa shape index (κ2) is 10.8. The highest BCUT2D eigenvalue weighted by molar-refractivity contribution is 7.98. The molecule has 0 spiro atoms. The van der Waals surface area contributed by atoms with Gasteiger partial charge < -0.3 is 5.32 Å². The van der Waals surface area contributed by atoms with E-state index in [1.165, 1.54) is 9.87 Å². The lowest BCUT2D eigenvalue weighted by molar-refractivity contribution is 0.0940. The first-order chi connectivity index (χ1) is 13.8. The van der Waals surface area contributed by atoms with Gasteiger partial charge in [0.2, 0.25) is 10.0 Å². The lowest BCUT2D eigenvalue weighted by atomic mass is 10.1. The maximum Gasteiger partial charge on any atom is 0.251 e. The molecule has 5 nitrogen and oxygen atoms in total. The van der Waals surface area contributed by atoms with Crippen molar-refractivity contribution < 1.29 is 13.2 Å². The molecule has 29 heavy (non-hydrogen) atoms. The Labute approximate surface area is 178 Å². The van der Waals surface area contributed by atoms with Crippen LogP contribution in [0.5, 0.6) is 0 Å². The van der Waals surface area contributed by atoms with Gasteiger partial charge in [-0.3, -0.25) is 4.79 Å². The van der Waals surface area contributed by atoms with Crippen molar-refractivity contribution in [1.29, 1.82) is 0 Å². The van der Waals surface area contributed by atoms with Gasteiger partial charge in [-0.1, -0.05) is 45.0 Å². The molecule has 1 unspecified atom stereocenters. The van der Waals surface area contributed by atoms with Crippen LogP contribution in [-0.2, 0) is 15.8 Å². The van der Waals surface area contributed by atoms with Gasteiger partial charge in [-0.2, -0.15) is 16.1 Å². The molecule has 0 aliphatic heterocycles. The van der Waals surface area contributed by atoms with Crippen LogP contribution in [-0.4, -0.2) is 37.5 Å². The normalized spacial score (nSPS) is 12.7. The Hall–Kier alpha value is -1.83. The van der Waals surface area contributed by atoms with E-state index in [9.17, 15) is 13.2 Å². The lowest BCUT2D eigenvalue weighted by Gasteiger charge is -2.19. The molecule has 0 fully saturated rings. The highest BCUT2D eigenvalue weighted by atomic mass is 32.2. The van der Waals surface area contributed by atoms with E-state index in [0.29, 0.717) is 18.7 Å². The van der Waals surface area contributed by atoms with Gasteiger partial charge in [0.05, 0.1) is 10.9 Å². The summed E-state index contributed by atoms with van der Waals surface area (Å²) in [6.45, 7) is 8.52. The SMILES string of the molecule is CCSCc1ccc(C(=O)NC(C)c2ccc(S(=O)(=O)N(CC)CC)cc2)cc1. The summed E-state index contributed by atoms with van der Waals surface area (Å²) < 4.78 is 26.6. The van der Waals surface area contributed by atoms with Gasteiger partial charge in [0.1, 0.15) is 0 Å². The minimum atomic E-state index is -3.48. The Kier molecular flexibility index (Phi) is 8.74. The number of carbonyl (C=O) groups excluding carboxylic acids is 1. The zero-order valence-corrected chi connectivity index (χ0v) is 19.1. The van der Waals surface area contributed by atoms with Crippen LogP contribution in [0.25, 0.3) is 0 Å². The number of nitrogens with one attached hydrogen (secondary N) is 1. The van der Waals surface area contributed by atoms with Crippen LogP contribution in [0.2, 0.25) is 0 Å². The molecule has 1 atom stereocenters.